The zero-order valence-electron chi connectivity index (χ0n) is 16.0. The van der Waals surface area contributed by atoms with Crippen LogP contribution in [0.1, 0.15) is 16.7 Å². The van der Waals surface area contributed by atoms with E-state index in [1.165, 1.54) is 6.07 Å². The van der Waals surface area contributed by atoms with Crippen LogP contribution < -0.4 is 27.0 Å². The first-order chi connectivity index (χ1) is 14.5. The minimum atomic E-state index is -3.94. The Balaban J connectivity index is 1.54. The molecule has 0 bridgehead atoms. The van der Waals surface area contributed by atoms with Gasteiger partial charge < -0.3 is 5.32 Å². The monoisotopic (exact) mass is 426 g/mol. The van der Waals surface area contributed by atoms with E-state index in [1.54, 1.807) is 6.07 Å². The normalized spacial score (nSPS) is 13.6. The number of amidine groups is 1. The second-order valence-corrected chi connectivity index (χ2v) is 8.31. The molecule has 3 aromatic rings. The van der Waals surface area contributed by atoms with Crippen LogP contribution in [-0.4, -0.2) is 31.0 Å². The first kappa shape index (κ1) is 20.0. The van der Waals surface area contributed by atoms with Crippen molar-refractivity contribution in [1.82, 2.24) is 32.0 Å². The van der Waals surface area contributed by atoms with Gasteiger partial charge >= 0.3 is 0 Å². The van der Waals surface area contributed by atoms with Gasteiger partial charge in [0.15, 0.2) is 5.84 Å². The molecule has 30 heavy (non-hydrogen) atoms. The Kier molecular flexibility index (Phi) is 5.77. The summed E-state index contributed by atoms with van der Waals surface area (Å²) in [5.41, 5.74) is 12.2. The Morgan fingerprint density at radius 1 is 1.07 bits per heavy atom. The van der Waals surface area contributed by atoms with Crippen LogP contribution in [0.25, 0.3) is 11.1 Å². The van der Waals surface area contributed by atoms with E-state index in [4.69, 9.17) is 5.14 Å². The highest BCUT2D eigenvalue weighted by Crippen LogP contribution is 2.29. The smallest absolute Gasteiger partial charge is 0.238 e. The molecular weight excluding hydrogens is 404 g/mol. The Hall–Kier alpha value is -3.25. The fourth-order valence-electron chi connectivity index (χ4n) is 3.25. The molecule has 0 saturated carbocycles. The van der Waals surface area contributed by atoms with Crippen LogP contribution in [-0.2, 0) is 23.0 Å². The Morgan fingerprint density at radius 3 is 2.57 bits per heavy atom. The van der Waals surface area contributed by atoms with E-state index in [0.717, 1.165) is 36.2 Å². The zero-order valence-corrected chi connectivity index (χ0v) is 16.8. The standard InChI is InChI=1S/C19H22N8O2S/c20-30(28,29)17-3-1-2-16(18(17)19-24-26-27-25-19)15-6-4-13(5-7-15)10-21-9-8-14-11-22-23-12-14/h1-7,11-12,21,26-27H,8-10H2,(H,22,23)(H,24,25)(H2,20,28,29). The van der Waals surface area contributed by atoms with E-state index < -0.39 is 10.0 Å². The van der Waals surface area contributed by atoms with Crippen molar-refractivity contribution in [3.05, 3.63) is 71.5 Å². The lowest BCUT2D eigenvalue weighted by atomic mass is 9.98. The second kappa shape index (κ2) is 8.63. The van der Waals surface area contributed by atoms with Crippen molar-refractivity contribution in [2.24, 2.45) is 10.2 Å². The van der Waals surface area contributed by atoms with Gasteiger partial charge in [0.05, 0.1) is 11.1 Å². The van der Waals surface area contributed by atoms with Crippen LogP contribution in [0.3, 0.4) is 0 Å². The van der Waals surface area contributed by atoms with Crippen LogP contribution in [0, 0.1) is 0 Å². The molecule has 0 radical (unpaired) electrons. The zero-order chi connectivity index (χ0) is 21.0. The molecule has 156 valence electrons. The summed E-state index contributed by atoms with van der Waals surface area (Å²) >= 11 is 0. The number of nitrogens with one attached hydrogen (secondary N) is 5. The van der Waals surface area contributed by atoms with Crippen LogP contribution in [0.4, 0.5) is 0 Å². The number of sulfonamides is 1. The van der Waals surface area contributed by atoms with Gasteiger partial charge in [0.25, 0.3) is 0 Å². The van der Waals surface area contributed by atoms with Gasteiger partial charge in [-0.1, -0.05) is 36.4 Å². The lowest BCUT2D eigenvalue weighted by molar-refractivity contribution is 0.577. The van der Waals surface area contributed by atoms with Gasteiger partial charge in [-0.05, 0) is 41.3 Å². The van der Waals surface area contributed by atoms with E-state index in [0.29, 0.717) is 17.0 Å². The Labute approximate surface area is 174 Å². The number of nitrogens with two attached hydrogens (primary N) is 1. The maximum atomic E-state index is 12.1. The molecule has 0 atom stereocenters. The predicted octanol–water partition coefficient (Wildman–Crippen LogP) is 0.330. The van der Waals surface area contributed by atoms with Gasteiger partial charge in [0.2, 0.25) is 10.0 Å². The molecular formula is C19H22N8O2S. The SMILES string of the molecule is NS(=O)(=O)c1cccc(-c2ccc(CNCCc3cn[nH]c3)cc2)c1C1=NNNN1. The molecule has 1 aliphatic heterocycles. The molecule has 2 heterocycles. The summed E-state index contributed by atoms with van der Waals surface area (Å²) in [6, 6.07) is 12.9. The third-order valence-corrected chi connectivity index (χ3v) is 5.67. The number of H-pyrrole nitrogens is 1. The summed E-state index contributed by atoms with van der Waals surface area (Å²) in [5.74, 6) is 0.347. The second-order valence-electron chi connectivity index (χ2n) is 6.78. The van der Waals surface area contributed by atoms with Crippen molar-refractivity contribution in [1.29, 1.82) is 0 Å². The van der Waals surface area contributed by atoms with Crippen molar-refractivity contribution in [2.75, 3.05) is 6.54 Å². The average molecular weight is 427 g/mol. The molecule has 4 rings (SSSR count). The number of hydrogen-bond donors (Lipinski definition) is 6. The molecule has 0 aliphatic carbocycles. The lowest BCUT2D eigenvalue weighted by Gasteiger charge is -2.14. The van der Waals surface area contributed by atoms with Gasteiger partial charge in [-0.15, -0.1) is 10.6 Å². The van der Waals surface area contributed by atoms with Gasteiger partial charge in [-0.25, -0.2) is 19.1 Å². The van der Waals surface area contributed by atoms with Crippen LogP contribution in [0.5, 0.6) is 0 Å². The molecule has 0 saturated heterocycles. The van der Waals surface area contributed by atoms with E-state index in [2.05, 4.69) is 37.1 Å². The van der Waals surface area contributed by atoms with Crippen molar-refractivity contribution < 1.29 is 8.42 Å². The van der Waals surface area contributed by atoms with E-state index >= 15 is 0 Å². The molecule has 11 heteroatoms. The number of hydrogen-bond acceptors (Lipinski definition) is 8. The van der Waals surface area contributed by atoms with Gasteiger partial charge in [0, 0.05) is 18.3 Å². The van der Waals surface area contributed by atoms with Crippen molar-refractivity contribution in [3.63, 3.8) is 0 Å². The van der Waals surface area contributed by atoms with Gasteiger partial charge in [-0.3, -0.25) is 10.5 Å². The number of hydrazine groups is 2. The summed E-state index contributed by atoms with van der Waals surface area (Å²) in [4.78, 5) is 0.00161. The molecule has 2 aromatic carbocycles. The van der Waals surface area contributed by atoms with Crippen LogP contribution >= 0.6 is 0 Å². The summed E-state index contributed by atoms with van der Waals surface area (Å²) in [6.07, 6.45) is 4.60. The number of rotatable bonds is 8. The van der Waals surface area contributed by atoms with Gasteiger partial charge in [-0.2, -0.15) is 5.10 Å². The summed E-state index contributed by atoms with van der Waals surface area (Å²) < 4.78 is 24.2. The van der Waals surface area contributed by atoms with Crippen LogP contribution in [0.15, 0.2) is 64.9 Å². The number of aromatic amines is 1. The summed E-state index contributed by atoms with van der Waals surface area (Å²) in [6.45, 7) is 1.57. The van der Waals surface area contributed by atoms with E-state index in [-0.39, 0.29) is 4.90 Å². The van der Waals surface area contributed by atoms with Crippen molar-refractivity contribution >= 4 is 15.9 Å². The number of primary sulfonamides is 1. The maximum Gasteiger partial charge on any atom is 0.238 e. The average Bonchev–Trinajstić information content (AvgIpc) is 3.45. The summed E-state index contributed by atoms with van der Waals surface area (Å²) in [5, 5.41) is 19.6. The minimum absolute atomic E-state index is 0.00161. The number of aromatic nitrogens is 2. The maximum absolute atomic E-state index is 12.1. The molecule has 1 aromatic heterocycles. The highest BCUT2D eigenvalue weighted by molar-refractivity contribution is 7.89. The van der Waals surface area contributed by atoms with Crippen molar-refractivity contribution in [3.8, 4) is 11.1 Å². The Morgan fingerprint density at radius 2 is 1.90 bits per heavy atom. The molecule has 0 fully saturated rings. The fourth-order valence-corrected chi connectivity index (χ4v) is 4.01. The summed E-state index contributed by atoms with van der Waals surface area (Å²) in [7, 11) is -3.94. The molecule has 0 unspecified atom stereocenters. The molecule has 0 spiro atoms. The highest BCUT2D eigenvalue weighted by Gasteiger charge is 2.23. The van der Waals surface area contributed by atoms with Crippen LogP contribution in [0.2, 0.25) is 0 Å². The molecule has 1 aliphatic rings. The Bertz CT molecular complexity index is 1140. The number of nitrogens with zero attached hydrogens (tertiary/aromatic N) is 2. The van der Waals surface area contributed by atoms with E-state index in [9.17, 15) is 8.42 Å². The quantitative estimate of drug-likeness (QED) is 0.284. The highest BCUT2D eigenvalue weighted by atomic mass is 32.2. The third kappa shape index (κ3) is 4.49. The predicted molar refractivity (Wildman–Crippen MR) is 113 cm³/mol. The number of hydrazone groups is 1. The van der Waals surface area contributed by atoms with Gasteiger partial charge in [0.1, 0.15) is 0 Å². The molecule has 7 N–H and O–H groups in total. The topological polar surface area (TPSA) is 149 Å². The van der Waals surface area contributed by atoms with E-state index in [1.807, 2.05) is 42.7 Å². The first-order valence-corrected chi connectivity index (χ1v) is 10.8. The number of benzene rings is 2. The van der Waals surface area contributed by atoms with Crippen molar-refractivity contribution in [2.45, 2.75) is 17.9 Å². The minimum Gasteiger partial charge on any atom is -0.312 e. The molecule has 10 nitrogen and oxygen atoms in total. The first-order valence-electron chi connectivity index (χ1n) is 9.30. The molecule has 0 amide bonds. The lowest BCUT2D eigenvalue weighted by Crippen LogP contribution is -2.36. The fraction of sp³-hybridized carbons (Fsp3) is 0.158. The largest absolute Gasteiger partial charge is 0.312 e. The third-order valence-electron chi connectivity index (χ3n) is 4.71.